The third kappa shape index (κ3) is 12.4. The average Bonchev–Trinajstić information content (AvgIpc) is 4.09. The first-order valence-corrected chi connectivity index (χ1v) is 25.5. The summed E-state index contributed by atoms with van der Waals surface area (Å²) in [4.78, 5) is 67.8. The van der Waals surface area contributed by atoms with E-state index in [1.807, 2.05) is 93.2 Å². The maximum Gasteiger partial charge on any atom is 0.246 e. The minimum Gasteiger partial charge on any atom is -0.391 e. The molecule has 0 aliphatic carbocycles. The number of carbonyl (C=O) groups excluding carboxylic acids is 4. The van der Waals surface area contributed by atoms with Crippen molar-refractivity contribution in [2.45, 2.75) is 98.0 Å². The Balaban J connectivity index is 0.852. The Morgan fingerprint density at radius 2 is 1.64 bits per heavy atom. The number of benzene rings is 2. The van der Waals surface area contributed by atoms with Crippen LogP contribution >= 0.6 is 34.3 Å². The van der Waals surface area contributed by atoms with E-state index >= 15 is 0 Å². The second kappa shape index (κ2) is 23.2. The lowest BCUT2D eigenvalue weighted by molar-refractivity contribution is -0.144. The Hall–Kier alpha value is -5.41. The average molecular weight is 1020 g/mol. The number of nitrogens with one attached hydrogen (secondary N) is 4. The second-order valence-electron chi connectivity index (χ2n) is 18.7. The van der Waals surface area contributed by atoms with Crippen LogP contribution in [0, 0.1) is 33.1 Å². The molecule has 0 saturated carbocycles. The largest absolute Gasteiger partial charge is 0.391 e. The summed E-state index contributed by atoms with van der Waals surface area (Å²) in [6.45, 7) is 14.7. The van der Waals surface area contributed by atoms with Gasteiger partial charge in [0.2, 0.25) is 23.6 Å². The van der Waals surface area contributed by atoms with Crippen LogP contribution in [0.4, 0.5) is 0 Å². The molecule has 3 aromatic heterocycles. The summed E-state index contributed by atoms with van der Waals surface area (Å²) in [5.41, 5.74) is 7.72. The molecule has 4 amide bonds. The molecule has 17 nitrogen and oxygen atoms in total. The summed E-state index contributed by atoms with van der Waals surface area (Å²) in [7, 11) is 1.80. The summed E-state index contributed by atoms with van der Waals surface area (Å²) in [5.74, 6) is -0.242. The molecule has 374 valence electrons. The van der Waals surface area contributed by atoms with Crippen molar-refractivity contribution in [2.75, 3.05) is 53.1 Å². The Morgan fingerprint density at radius 3 is 2.33 bits per heavy atom. The number of hydrogen-bond donors (Lipinski definition) is 5. The normalized spacial score (nSPS) is 17.5. The number of likely N-dealkylation sites (tertiary alicyclic amines) is 1. The van der Waals surface area contributed by atoms with E-state index in [9.17, 15) is 24.3 Å². The van der Waals surface area contributed by atoms with Gasteiger partial charge in [-0.05, 0) is 75.4 Å². The predicted molar refractivity (Wildman–Crippen MR) is 272 cm³/mol. The number of carbonyl (C=O) groups is 4. The Bertz CT molecular complexity index is 2680. The smallest absolute Gasteiger partial charge is 0.246 e. The van der Waals surface area contributed by atoms with Crippen LogP contribution in [0.25, 0.3) is 15.4 Å². The lowest BCUT2D eigenvalue weighted by Gasteiger charge is -2.35. The molecule has 2 aliphatic heterocycles. The molecule has 5 atom stereocenters. The van der Waals surface area contributed by atoms with Gasteiger partial charge in [0.1, 0.15) is 35.6 Å². The van der Waals surface area contributed by atoms with Crippen molar-refractivity contribution in [2.24, 2.45) is 10.4 Å². The molecule has 2 aliphatic rings. The third-order valence-electron chi connectivity index (χ3n) is 12.4. The molecule has 1 fully saturated rings. The molecule has 0 radical (unpaired) electrons. The molecule has 2 aromatic carbocycles. The summed E-state index contributed by atoms with van der Waals surface area (Å²) in [5, 5.41) is 33.2. The van der Waals surface area contributed by atoms with Gasteiger partial charge in [0.15, 0.2) is 5.82 Å². The fourth-order valence-corrected chi connectivity index (χ4v) is 10.8. The summed E-state index contributed by atoms with van der Waals surface area (Å²) in [6, 6.07) is 12.6. The standard InChI is InChI=1S/C50H63ClN10O7S2/c1-28-30(3)70-49-42(28)43(33-14-16-35(51)17-15-33)55-37(46-59-58-31(4)61(46)49)23-40(63)53-18-21-67-19-9-20-68-26-41(64)57-45(50(5,6)7)48(66)60-25-36(62)22-39(60)47(65)56-38(24-52-8)32-10-12-34(13-11-32)44-29(2)54-27-69-44/h10-17,27,36-39,45,52,62H,9,18-26H2,1-8H3,(H,53,63)(H,56,65)(H,57,64)/t36-,37+,38-,39+,45?/m1/s1. The molecule has 20 heteroatoms. The number of halogens is 1. The molecule has 1 saturated heterocycles. The number of fused-ring (bicyclic) bond motifs is 3. The minimum atomic E-state index is -0.997. The van der Waals surface area contributed by atoms with Gasteiger partial charge >= 0.3 is 0 Å². The van der Waals surface area contributed by atoms with Crippen LogP contribution in [0.5, 0.6) is 0 Å². The third-order valence-corrected chi connectivity index (χ3v) is 14.9. The highest BCUT2D eigenvalue weighted by atomic mass is 35.5. The number of thiophene rings is 1. The van der Waals surface area contributed by atoms with Crippen molar-refractivity contribution in [3.63, 3.8) is 0 Å². The highest BCUT2D eigenvalue weighted by Crippen LogP contribution is 2.40. The molecule has 7 rings (SSSR count). The first-order chi connectivity index (χ1) is 33.4. The van der Waals surface area contributed by atoms with Gasteiger partial charge in [0, 0.05) is 60.3 Å². The van der Waals surface area contributed by atoms with Gasteiger partial charge in [-0.2, -0.15) is 0 Å². The summed E-state index contributed by atoms with van der Waals surface area (Å²) >= 11 is 9.46. The van der Waals surface area contributed by atoms with E-state index in [4.69, 9.17) is 26.1 Å². The van der Waals surface area contributed by atoms with E-state index in [2.05, 4.69) is 50.3 Å². The van der Waals surface area contributed by atoms with Gasteiger partial charge in [-0.25, -0.2) is 4.98 Å². The van der Waals surface area contributed by atoms with Crippen LogP contribution in [-0.2, 0) is 28.7 Å². The predicted octanol–water partition coefficient (Wildman–Crippen LogP) is 5.73. The van der Waals surface area contributed by atoms with Gasteiger partial charge in [-0.15, -0.1) is 32.9 Å². The number of aliphatic hydroxyl groups excluding tert-OH is 1. The van der Waals surface area contributed by atoms with E-state index in [1.165, 1.54) is 4.90 Å². The van der Waals surface area contributed by atoms with E-state index in [-0.39, 0.29) is 51.7 Å². The number of aromatic nitrogens is 4. The van der Waals surface area contributed by atoms with Crippen molar-refractivity contribution >= 4 is 63.6 Å². The van der Waals surface area contributed by atoms with Gasteiger partial charge < -0.3 is 40.7 Å². The Morgan fingerprint density at radius 1 is 0.929 bits per heavy atom. The van der Waals surface area contributed by atoms with Gasteiger partial charge in [0.05, 0.1) is 47.0 Å². The van der Waals surface area contributed by atoms with Crippen LogP contribution in [0.15, 0.2) is 59.0 Å². The number of ether oxygens (including phenoxy) is 2. The maximum absolute atomic E-state index is 14.2. The quantitative estimate of drug-likeness (QED) is 0.0594. The molecule has 1 unspecified atom stereocenters. The van der Waals surface area contributed by atoms with Gasteiger partial charge in [-0.3, -0.25) is 28.7 Å². The monoisotopic (exact) mass is 1010 g/mol. The first-order valence-electron chi connectivity index (χ1n) is 23.5. The van der Waals surface area contributed by atoms with Crippen molar-refractivity contribution in [1.29, 1.82) is 0 Å². The Labute approximate surface area is 421 Å². The molecule has 0 bridgehead atoms. The first kappa shape index (κ1) is 52.4. The zero-order chi connectivity index (χ0) is 50.3. The fraction of sp³-hybridized carbons (Fsp3) is 0.480. The van der Waals surface area contributed by atoms with Crippen molar-refractivity contribution in [3.05, 3.63) is 104 Å². The van der Waals surface area contributed by atoms with Crippen LogP contribution < -0.4 is 21.3 Å². The molecule has 0 spiro atoms. The second-order valence-corrected chi connectivity index (χ2v) is 21.2. The molecule has 5 aromatic rings. The number of aliphatic hydroxyl groups is 1. The van der Waals surface area contributed by atoms with Crippen LogP contribution in [0.1, 0.15) is 96.6 Å². The van der Waals surface area contributed by atoms with Crippen LogP contribution in [0.3, 0.4) is 0 Å². The number of β-amino-alcohol motifs (C(OH)–C–C–N with tert-alkyl or cyclic N) is 1. The number of aryl methyl sites for hydroxylation is 3. The highest BCUT2D eigenvalue weighted by molar-refractivity contribution is 7.15. The van der Waals surface area contributed by atoms with Crippen molar-refractivity contribution in [3.8, 4) is 15.4 Å². The number of likely N-dealkylation sites (N-methyl/N-ethyl adjacent to an activating group) is 1. The number of nitrogens with zero attached hydrogens (tertiary/aromatic N) is 6. The molecular formula is C50H63ClN10O7S2. The summed E-state index contributed by atoms with van der Waals surface area (Å²) < 4.78 is 13.4. The van der Waals surface area contributed by atoms with Crippen molar-refractivity contribution < 1.29 is 33.8 Å². The topological polar surface area (TPSA) is 214 Å². The zero-order valence-corrected chi connectivity index (χ0v) is 43.3. The fourth-order valence-electron chi connectivity index (χ4n) is 8.67. The molecule has 5 heterocycles. The lowest BCUT2D eigenvalue weighted by Crippen LogP contribution is -2.58. The SMILES string of the molecule is CNC[C@@H](NC(=O)[C@@H]1C[C@@H](O)CN1C(=O)C(NC(=O)COCCCOCCNC(=O)C[C@@H]1N=C(c2ccc(Cl)cc2)c2c(sc(C)c2C)-n2c(C)nnc21)C(C)(C)C)c1ccc(-c2scnc2C)cc1. The highest BCUT2D eigenvalue weighted by Gasteiger charge is 2.45. The number of rotatable bonds is 20. The van der Waals surface area contributed by atoms with Crippen LogP contribution in [-0.4, -0.2) is 130 Å². The zero-order valence-electron chi connectivity index (χ0n) is 40.9. The summed E-state index contributed by atoms with van der Waals surface area (Å²) in [6.07, 6.45) is -0.300. The van der Waals surface area contributed by atoms with E-state index in [1.54, 1.807) is 29.7 Å². The van der Waals surface area contributed by atoms with E-state index < -0.39 is 53.4 Å². The molecule has 70 heavy (non-hydrogen) atoms. The van der Waals surface area contributed by atoms with Gasteiger partial charge in [-0.1, -0.05) is 68.8 Å². The number of aliphatic imine (C=N–C) groups is 1. The molecule has 5 N–H and O–H groups in total. The number of thiazole rings is 1. The van der Waals surface area contributed by atoms with E-state index in [0.717, 1.165) is 54.0 Å². The maximum atomic E-state index is 14.2. The Kier molecular flexibility index (Phi) is 17.4. The van der Waals surface area contributed by atoms with Crippen molar-refractivity contribution in [1.82, 2.24) is 45.9 Å². The van der Waals surface area contributed by atoms with E-state index in [0.29, 0.717) is 36.2 Å². The molecular weight excluding hydrogens is 952 g/mol. The van der Waals surface area contributed by atoms with Crippen LogP contribution in [0.2, 0.25) is 5.02 Å². The number of hydrogen-bond acceptors (Lipinski definition) is 14. The minimum absolute atomic E-state index is 0.0418. The number of amides is 4. The van der Waals surface area contributed by atoms with Gasteiger partial charge in [0.25, 0.3) is 0 Å². The lowest BCUT2D eigenvalue weighted by atomic mass is 9.85.